The third kappa shape index (κ3) is 1.67. The predicted octanol–water partition coefficient (Wildman–Crippen LogP) is 2.47. The van der Waals surface area contributed by atoms with Gasteiger partial charge in [0.15, 0.2) is 0 Å². The number of benzene rings is 1. The van der Waals surface area contributed by atoms with Gasteiger partial charge in [-0.3, -0.25) is 0 Å². The summed E-state index contributed by atoms with van der Waals surface area (Å²) in [5.74, 6) is 1.73. The highest BCUT2D eigenvalue weighted by atomic mass is 16.6. The highest BCUT2D eigenvalue weighted by Crippen LogP contribution is 2.45. The van der Waals surface area contributed by atoms with Gasteiger partial charge >= 0.3 is 0 Å². The van der Waals surface area contributed by atoms with Crippen molar-refractivity contribution in [2.45, 2.75) is 26.1 Å². The second-order valence-electron chi connectivity index (χ2n) is 3.78. The highest BCUT2D eigenvalue weighted by molar-refractivity contribution is 5.51. The molecule has 1 aromatic carbocycles. The third-order valence-electron chi connectivity index (χ3n) is 2.83. The molecule has 3 nitrogen and oxygen atoms in total. The maximum Gasteiger partial charge on any atom is 0.131 e. The zero-order valence-electron chi connectivity index (χ0n) is 9.53. The first-order valence-electron chi connectivity index (χ1n) is 5.06. The number of ether oxygens (including phenoxy) is 3. The van der Waals surface area contributed by atoms with E-state index in [2.05, 4.69) is 6.92 Å². The van der Waals surface area contributed by atoms with Gasteiger partial charge in [0.1, 0.15) is 17.6 Å². The van der Waals surface area contributed by atoms with Crippen LogP contribution in [0.3, 0.4) is 0 Å². The van der Waals surface area contributed by atoms with Crippen LogP contribution >= 0.6 is 0 Å². The first-order chi connectivity index (χ1) is 7.19. The fraction of sp³-hybridized carbons (Fsp3) is 0.500. The third-order valence-corrected chi connectivity index (χ3v) is 2.83. The van der Waals surface area contributed by atoms with Crippen LogP contribution in [0.15, 0.2) is 12.1 Å². The lowest BCUT2D eigenvalue weighted by atomic mass is 10.0. The molecule has 0 N–H and O–H groups in total. The Bertz CT molecular complexity index is 373. The van der Waals surface area contributed by atoms with Crippen molar-refractivity contribution in [2.75, 3.05) is 14.2 Å². The molecule has 3 heteroatoms. The summed E-state index contributed by atoms with van der Waals surface area (Å²) in [4.78, 5) is 0. The highest BCUT2D eigenvalue weighted by Gasteiger charge is 2.38. The summed E-state index contributed by atoms with van der Waals surface area (Å²) >= 11 is 0. The molecule has 15 heavy (non-hydrogen) atoms. The molecule has 0 aliphatic carbocycles. The largest absolute Gasteiger partial charge is 0.496 e. The lowest BCUT2D eigenvalue weighted by Crippen LogP contribution is -1.97. The number of methoxy groups -OCH3 is 2. The second kappa shape index (κ2) is 3.74. The monoisotopic (exact) mass is 208 g/mol. The van der Waals surface area contributed by atoms with Crippen molar-refractivity contribution in [2.24, 2.45) is 0 Å². The van der Waals surface area contributed by atoms with E-state index < -0.39 is 0 Å². The van der Waals surface area contributed by atoms with E-state index in [4.69, 9.17) is 14.2 Å². The molecule has 2 unspecified atom stereocenters. The SMILES string of the molecule is COc1ccc(C2OC2C)c(OC)c1C. The van der Waals surface area contributed by atoms with Gasteiger partial charge in [-0.15, -0.1) is 0 Å². The Morgan fingerprint density at radius 3 is 2.33 bits per heavy atom. The molecule has 1 aliphatic heterocycles. The Labute approximate surface area is 90.0 Å². The van der Waals surface area contributed by atoms with Crippen molar-refractivity contribution in [3.63, 3.8) is 0 Å². The molecule has 2 rings (SSSR count). The number of hydrogen-bond acceptors (Lipinski definition) is 3. The fourth-order valence-electron chi connectivity index (χ4n) is 1.92. The summed E-state index contributed by atoms with van der Waals surface area (Å²) in [6, 6.07) is 3.97. The van der Waals surface area contributed by atoms with Crippen molar-refractivity contribution in [3.8, 4) is 11.5 Å². The van der Waals surface area contributed by atoms with E-state index in [1.807, 2.05) is 19.1 Å². The van der Waals surface area contributed by atoms with Crippen LogP contribution in [0, 0.1) is 6.92 Å². The lowest BCUT2D eigenvalue weighted by Gasteiger charge is -2.13. The summed E-state index contributed by atoms with van der Waals surface area (Å²) in [7, 11) is 3.34. The second-order valence-corrected chi connectivity index (χ2v) is 3.78. The van der Waals surface area contributed by atoms with Crippen molar-refractivity contribution in [1.29, 1.82) is 0 Å². The van der Waals surface area contributed by atoms with Gasteiger partial charge in [0.05, 0.1) is 20.3 Å². The van der Waals surface area contributed by atoms with Gasteiger partial charge in [-0.1, -0.05) is 0 Å². The van der Waals surface area contributed by atoms with Crippen LogP contribution in [-0.4, -0.2) is 20.3 Å². The molecule has 1 fully saturated rings. The minimum atomic E-state index is 0.185. The Morgan fingerprint density at radius 1 is 1.20 bits per heavy atom. The number of hydrogen-bond donors (Lipinski definition) is 0. The molecule has 1 aromatic rings. The van der Waals surface area contributed by atoms with E-state index in [0.717, 1.165) is 22.6 Å². The van der Waals surface area contributed by atoms with Crippen LogP contribution in [0.1, 0.15) is 24.2 Å². The van der Waals surface area contributed by atoms with Crippen LogP contribution in [0.5, 0.6) is 11.5 Å². The van der Waals surface area contributed by atoms with E-state index in [1.165, 1.54) is 0 Å². The van der Waals surface area contributed by atoms with E-state index in [9.17, 15) is 0 Å². The van der Waals surface area contributed by atoms with E-state index in [0.29, 0.717) is 6.10 Å². The number of epoxide rings is 1. The molecular formula is C12H16O3. The fourth-order valence-corrected chi connectivity index (χ4v) is 1.92. The van der Waals surface area contributed by atoms with Gasteiger partial charge in [0.25, 0.3) is 0 Å². The van der Waals surface area contributed by atoms with Gasteiger partial charge < -0.3 is 14.2 Å². The van der Waals surface area contributed by atoms with Crippen LogP contribution in [0.2, 0.25) is 0 Å². The summed E-state index contributed by atoms with van der Waals surface area (Å²) in [6.07, 6.45) is 0.483. The van der Waals surface area contributed by atoms with Gasteiger partial charge in [-0.2, -0.15) is 0 Å². The van der Waals surface area contributed by atoms with Crippen LogP contribution < -0.4 is 9.47 Å². The first kappa shape index (κ1) is 10.3. The Balaban J connectivity index is 2.43. The molecular weight excluding hydrogens is 192 g/mol. The molecule has 2 atom stereocenters. The molecule has 0 bridgehead atoms. The summed E-state index contributed by atoms with van der Waals surface area (Å²) in [5, 5.41) is 0. The Kier molecular flexibility index (Phi) is 2.57. The minimum absolute atomic E-state index is 0.185. The maximum absolute atomic E-state index is 5.45. The molecule has 0 saturated carbocycles. The summed E-state index contributed by atoms with van der Waals surface area (Å²) in [5.41, 5.74) is 2.14. The van der Waals surface area contributed by atoms with Crippen molar-refractivity contribution >= 4 is 0 Å². The normalized spacial score (nSPS) is 23.7. The smallest absolute Gasteiger partial charge is 0.131 e. The molecule has 82 valence electrons. The average molecular weight is 208 g/mol. The predicted molar refractivity (Wildman–Crippen MR) is 57.6 cm³/mol. The minimum Gasteiger partial charge on any atom is -0.496 e. The molecule has 0 amide bonds. The molecule has 1 heterocycles. The summed E-state index contributed by atoms with van der Waals surface area (Å²) < 4.78 is 16.1. The van der Waals surface area contributed by atoms with Crippen molar-refractivity contribution in [1.82, 2.24) is 0 Å². The molecule has 1 saturated heterocycles. The number of rotatable bonds is 3. The molecule has 0 spiro atoms. The molecule has 0 radical (unpaired) electrons. The van der Waals surface area contributed by atoms with Gasteiger partial charge in [-0.05, 0) is 26.0 Å². The van der Waals surface area contributed by atoms with Crippen LogP contribution in [0.25, 0.3) is 0 Å². The summed E-state index contributed by atoms with van der Waals surface area (Å²) in [6.45, 7) is 4.05. The topological polar surface area (TPSA) is 31.0 Å². The van der Waals surface area contributed by atoms with E-state index in [1.54, 1.807) is 14.2 Å². The lowest BCUT2D eigenvalue weighted by molar-refractivity contribution is 0.362. The van der Waals surface area contributed by atoms with Gasteiger partial charge in [0.2, 0.25) is 0 Å². The Morgan fingerprint density at radius 2 is 1.87 bits per heavy atom. The molecule has 0 aromatic heterocycles. The van der Waals surface area contributed by atoms with Crippen LogP contribution in [0.4, 0.5) is 0 Å². The van der Waals surface area contributed by atoms with Crippen molar-refractivity contribution < 1.29 is 14.2 Å². The average Bonchev–Trinajstić information content (AvgIpc) is 2.95. The standard InChI is InChI=1S/C12H16O3/c1-7-10(13-3)6-5-9(11(7)14-4)12-8(2)15-12/h5-6,8,12H,1-4H3. The maximum atomic E-state index is 5.45. The quantitative estimate of drug-likeness (QED) is 0.715. The zero-order chi connectivity index (χ0) is 11.0. The van der Waals surface area contributed by atoms with Gasteiger partial charge in [-0.25, -0.2) is 0 Å². The Hall–Kier alpha value is -1.22. The van der Waals surface area contributed by atoms with Crippen LogP contribution in [-0.2, 0) is 4.74 Å². The zero-order valence-corrected chi connectivity index (χ0v) is 9.53. The molecule has 1 aliphatic rings. The van der Waals surface area contributed by atoms with Crippen molar-refractivity contribution in [3.05, 3.63) is 23.3 Å². The first-order valence-corrected chi connectivity index (χ1v) is 5.06. The van der Waals surface area contributed by atoms with Gasteiger partial charge in [0, 0.05) is 11.1 Å². The van der Waals surface area contributed by atoms with E-state index in [-0.39, 0.29) is 6.10 Å². The van der Waals surface area contributed by atoms with E-state index >= 15 is 0 Å².